The van der Waals surface area contributed by atoms with Gasteiger partial charge in [-0.15, -0.1) is 0 Å². The minimum atomic E-state index is -1.23. The average molecular weight is 348 g/mol. The summed E-state index contributed by atoms with van der Waals surface area (Å²) in [5.74, 6) is -3.80. The van der Waals surface area contributed by atoms with Crippen molar-refractivity contribution in [3.05, 3.63) is 69.9 Å². The number of carbonyl (C=O) groups is 1. The van der Waals surface area contributed by atoms with E-state index < -0.39 is 28.8 Å². The van der Waals surface area contributed by atoms with E-state index in [4.69, 9.17) is 4.74 Å². The number of rotatable bonds is 3. The van der Waals surface area contributed by atoms with Crippen LogP contribution in [0.15, 0.2) is 41.5 Å². The highest BCUT2D eigenvalue weighted by molar-refractivity contribution is 5.94. The Bertz CT molecular complexity index is 1030. The Morgan fingerprint density at radius 2 is 1.92 bits per heavy atom. The van der Waals surface area contributed by atoms with Gasteiger partial charge in [0.25, 0.3) is 0 Å². The minimum absolute atomic E-state index is 0.0175. The van der Waals surface area contributed by atoms with Crippen molar-refractivity contribution >= 4 is 16.9 Å². The van der Waals surface area contributed by atoms with Crippen molar-refractivity contribution in [3.8, 4) is 5.82 Å². The predicted octanol–water partition coefficient (Wildman–Crippen LogP) is 2.98. The normalized spacial score (nSPS) is 10.9. The topological polar surface area (TPSA) is 61.2 Å². The third kappa shape index (κ3) is 2.98. The smallest absolute Gasteiger partial charge is 0.343 e. The Hall–Kier alpha value is -3.16. The van der Waals surface area contributed by atoms with Crippen molar-refractivity contribution < 1.29 is 22.7 Å². The van der Waals surface area contributed by atoms with Gasteiger partial charge in [0.05, 0.1) is 23.7 Å². The van der Waals surface area contributed by atoms with Crippen molar-refractivity contribution in [3.63, 3.8) is 0 Å². The molecule has 1 aromatic carbocycles. The van der Waals surface area contributed by atoms with Crippen LogP contribution in [0.2, 0.25) is 0 Å². The zero-order valence-electron chi connectivity index (χ0n) is 12.9. The van der Waals surface area contributed by atoms with E-state index in [0.29, 0.717) is 6.07 Å². The molecule has 128 valence electrons. The van der Waals surface area contributed by atoms with Crippen LogP contribution in [0.4, 0.5) is 13.2 Å². The lowest BCUT2D eigenvalue weighted by Gasteiger charge is -2.13. The summed E-state index contributed by atoms with van der Waals surface area (Å²) in [6, 6.07) is 3.90. The van der Waals surface area contributed by atoms with E-state index in [-0.39, 0.29) is 28.9 Å². The highest BCUT2D eigenvalue weighted by Crippen LogP contribution is 2.20. The molecule has 0 bridgehead atoms. The van der Waals surface area contributed by atoms with E-state index in [9.17, 15) is 22.8 Å². The summed E-state index contributed by atoms with van der Waals surface area (Å²) in [6.07, 6.45) is 2.03. The fraction of sp³-hybridized carbons (Fsp3) is 0.118. The molecule has 0 fully saturated rings. The Balaban J connectivity index is 2.39. The lowest BCUT2D eigenvalue weighted by atomic mass is 10.1. The van der Waals surface area contributed by atoms with E-state index in [1.165, 1.54) is 10.6 Å². The van der Waals surface area contributed by atoms with E-state index in [0.717, 1.165) is 24.5 Å². The van der Waals surface area contributed by atoms with Gasteiger partial charge in [-0.2, -0.15) is 0 Å². The lowest BCUT2D eigenvalue weighted by Crippen LogP contribution is -2.21. The van der Waals surface area contributed by atoms with Crippen LogP contribution in [-0.4, -0.2) is 22.1 Å². The minimum Gasteiger partial charge on any atom is -0.462 e. The van der Waals surface area contributed by atoms with Crippen LogP contribution in [0.3, 0.4) is 0 Å². The number of aromatic nitrogens is 2. The molecule has 0 saturated carbocycles. The Morgan fingerprint density at radius 3 is 2.56 bits per heavy atom. The molecule has 0 N–H and O–H groups in total. The zero-order chi connectivity index (χ0) is 18.1. The predicted molar refractivity (Wildman–Crippen MR) is 83.2 cm³/mol. The second-order valence-corrected chi connectivity index (χ2v) is 5.08. The second kappa shape index (κ2) is 6.39. The molecular formula is C17H11F3N2O3. The van der Waals surface area contributed by atoms with Gasteiger partial charge in [0.1, 0.15) is 17.2 Å². The molecule has 8 heteroatoms. The van der Waals surface area contributed by atoms with E-state index >= 15 is 0 Å². The number of fused-ring (bicyclic) bond motifs is 1. The fourth-order valence-electron chi connectivity index (χ4n) is 2.37. The van der Waals surface area contributed by atoms with Crippen LogP contribution < -0.4 is 5.43 Å². The molecule has 0 spiro atoms. The van der Waals surface area contributed by atoms with Crippen molar-refractivity contribution in [2.75, 3.05) is 6.61 Å². The third-order valence-corrected chi connectivity index (χ3v) is 3.50. The molecule has 2 heterocycles. The molecule has 0 saturated heterocycles. The number of hydrogen-bond donors (Lipinski definition) is 0. The van der Waals surface area contributed by atoms with Gasteiger partial charge < -0.3 is 4.74 Å². The highest BCUT2D eigenvalue weighted by atomic mass is 19.2. The van der Waals surface area contributed by atoms with Gasteiger partial charge in [0.15, 0.2) is 11.6 Å². The summed E-state index contributed by atoms with van der Waals surface area (Å²) >= 11 is 0. The number of hydrogen-bond acceptors (Lipinski definition) is 4. The molecule has 5 nitrogen and oxygen atoms in total. The first-order valence-electron chi connectivity index (χ1n) is 7.26. The maximum Gasteiger partial charge on any atom is 0.343 e. The number of benzene rings is 1. The molecule has 0 unspecified atom stereocenters. The second-order valence-electron chi connectivity index (χ2n) is 5.08. The quantitative estimate of drug-likeness (QED) is 0.683. The summed E-state index contributed by atoms with van der Waals surface area (Å²) in [7, 11) is 0. The van der Waals surface area contributed by atoms with E-state index in [1.807, 2.05) is 0 Å². The Morgan fingerprint density at radius 1 is 1.20 bits per heavy atom. The molecule has 0 aliphatic rings. The monoisotopic (exact) mass is 348 g/mol. The maximum atomic E-state index is 13.7. The summed E-state index contributed by atoms with van der Waals surface area (Å²) in [4.78, 5) is 28.3. The molecule has 0 aliphatic carbocycles. The number of pyridine rings is 2. The average Bonchev–Trinajstić information content (AvgIpc) is 2.58. The molecule has 2 aromatic heterocycles. The van der Waals surface area contributed by atoms with Crippen LogP contribution in [-0.2, 0) is 4.74 Å². The maximum absolute atomic E-state index is 13.7. The summed E-state index contributed by atoms with van der Waals surface area (Å²) in [5, 5.41) is -0.226. The van der Waals surface area contributed by atoms with Gasteiger partial charge in [0, 0.05) is 12.3 Å². The van der Waals surface area contributed by atoms with E-state index in [1.54, 1.807) is 6.92 Å². The first kappa shape index (κ1) is 16.7. The number of esters is 1. The molecule has 3 aromatic rings. The van der Waals surface area contributed by atoms with Gasteiger partial charge in [-0.25, -0.2) is 22.9 Å². The largest absolute Gasteiger partial charge is 0.462 e. The lowest BCUT2D eigenvalue weighted by molar-refractivity contribution is 0.0524. The van der Waals surface area contributed by atoms with Gasteiger partial charge >= 0.3 is 5.97 Å². The van der Waals surface area contributed by atoms with Crippen LogP contribution in [0, 0.1) is 17.5 Å². The SMILES string of the molecule is CCOC(=O)c1cn(-c2ccc(F)cn2)c2cc(F)c(F)cc2c1=O. The molecule has 0 aliphatic heterocycles. The summed E-state index contributed by atoms with van der Waals surface area (Å²) < 4.78 is 46.4. The van der Waals surface area contributed by atoms with Crippen molar-refractivity contribution in [1.82, 2.24) is 9.55 Å². The van der Waals surface area contributed by atoms with Crippen molar-refractivity contribution in [2.45, 2.75) is 6.92 Å². The standard InChI is InChI=1S/C17H11F3N2O3/c1-2-25-17(24)11-8-22(15-4-3-9(18)7-21-15)14-6-13(20)12(19)5-10(14)16(11)23/h3-8H,2H2,1H3. The molecule has 0 atom stereocenters. The third-order valence-electron chi connectivity index (χ3n) is 3.50. The van der Waals surface area contributed by atoms with Crippen molar-refractivity contribution in [1.29, 1.82) is 0 Å². The molecule has 3 rings (SSSR count). The van der Waals surface area contributed by atoms with Crippen LogP contribution in [0.1, 0.15) is 17.3 Å². The highest BCUT2D eigenvalue weighted by Gasteiger charge is 2.19. The van der Waals surface area contributed by atoms with Gasteiger partial charge in [-0.05, 0) is 25.1 Å². The van der Waals surface area contributed by atoms with Gasteiger partial charge in [-0.1, -0.05) is 0 Å². The number of nitrogens with zero attached hydrogens (tertiary/aromatic N) is 2. The zero-order valence-corrected chi connectivity index (χ0v) is 12.9. The molecule has 25 heavy (non-hydrogen) atoms. The molecular weight excluding hydrogens is 337 g/mol. The number of halogens is 3. The van der Waals surface area contributed by atoms with Crippen LogP contribution >= 0.6 is 0 Å². The molecule has 0 radical (unpaired) electrons. The first-order chi connectivity index (χ1) is 11.9. The van der Waals surface area contributed by atoms with Crippen LogP contribution in [0.5, 0.6) is 0 Å². The fourth-order valence-corrected chi connectivity index (χ4v) is 2.37. The van der Waals surface area contributed by atoms with Crippen molar-refractivity contribution in [2.24, 2.45) is 0 Å². The van der Waals surface area contributed by atoms with Crippen LogP contribution in [0.25, 0.3) is 16.7 Å². The number of ether oxygens (including phenoxy) is 1. The Kier molecular flexibility index (Phi) is 4.26. The Labute approximate surface area is 139 Å². The number of carbonyl (C=O) groups excluding carboxylic acids is 1. The molecule has 0 amide bonds. The van der Waals surface area contributed by atoms with Gasteiger partial charge in [-0.3, -0.25) is 9.36 Å². The summed E-state index contributed by atoms with van der Waals surface area (Å²) in [6.45, 7) is 1.59. The summed E-state index contributed by atoms with van der Waals surface area (Å²) in [5.41, 5.74) is -1.19. The van der Waals surface area contributed by atoms with Gasteiger partial charge in [0.2, 0.25) is 5.43 Å². The first-order valence-corrected chi connectivity index (χ1v) is 7.26. The van der Waals surface area contributed by atoms with E-state index in [2.05, 4.69) is 4.98 Å².